The molecule has 0 radical (unpaired) electrons. The summed E-state index contributed by atoms with van der Waals surface area (Å²) < 4.78 is 16.1. The van der Waals surface area contributed by atoms with E-state index in [-0.39, 0.29) is 25.0 Å². The molecule has 1 atom stereocenters. The van der Waals surface area contributed by atoms with Crippen molar-refractivity contribution in [3.8, 4) is 17.2 Å². The third-order valence-corrected chi connectivity index (χ3v) is 3.94. The second kappa shape index (κ2) is 9.18. The third-order valence-electron chi connectivity index (χ3n) is 3.69. The second-order valence-corrected chi connectivity index (χ2v) is 5.89. The van der Waals surface area contributed by atoms with E-state index >= 15 is 0 Å². The highest BCUT2D eigenvalue weighted by molar-refractivity contribution is 6.30. The fourth-order valence-electron chi connectivity index (χ4n) is 2.36. The quantitative estimate of drug-likeness (QED) is 0.770. The number of carbonyl (C=O) groups is 1. The highest BCUT2D eigenvalue weighted by Gasteiger charge is 2.15. The Hall–Kier alpha value is -2.40. The van der Waals surface area contributed by atoms with Crippen LogP contribution >= 0.6 is 11.6 Å². The van der Waals surface area contributed by atoms with Gasteiger partial charge in [-0.3, -0.25) is 4.79 Å². The summed E-state index contributed by atoms with van der Waals surface area (Å²) in [5.74, 6) is 1.99. The standard InChI is InChI=1S/C19H22ClNO4/c1-13(17-12-16(23-2)8-9-18(17)24-3)21-19(22)10-11-25-15-6-4-14(20)5-7-15/h4-9,12-13H,10-11H2,1-3H3,(H,21,22). The van der Waals surface area contributed by atoms with Gasteiger partial charge in [0.15, 0.2) is 0 Å². The van der Waals surface area contributed by atoms with Gasteiger partial charge in [-0.1, -0.05) is 11.6 Å². The van der Waals surface area contributed by atoms with E-state index in [1.165, 1.54) is 0 Å². The van der Waals surface area contributed by atoms with Crippen molar-refractivity contribution in [1.82, 2.24) is 5.32 Å². The summed E-state index contributed by atoms with van der Waals surface area (Å²) in [7, 11) is 3.20. The molecule has 0 heterocycles. The second-order valence-electron chi connectivity index (χ2n) is 5.45. The number of methoxy groups -OCH3 is 2. The van der Waals surface area contributed by atoms with Crippen LogP contribution in [0.15, 0.2) is 42.5 Å². The van der Waals surface area contributed by atoms with E-state index < -0.39 is 0 Å². The van der Waals surface area contributed by atoms with Crippen molar-refractivity contribution in [2.45, 2.75) is 19.4 Å². The number of carbonyl (C=O) groups excluding carboxylic acids is 1. The summed E-state index contributed by atoms with van der Waals surface area (Å²) in [4.78, 5) is 12.1. The molecule has 0 spiro atoms. The lowest BCUT2D eigenvalue weighted by Gasteiger charge is -2.18. The molecule has 25 heavy (non-hydrogen) atoms. The van der Waals surface area contributed by atoms with Gasteiger partial charge in [0.05, 0.1) is 33.3 Å². The van der Waals surface area contributed by atoms with Gasteiger partial charge in [0.2, 0.25) is 5.91 Å². The number of rotatable bonds is 8. The van der Waals surface area contributed by atoms with E-state index in [2.05, 4.69) is 5.32 Å². The van der Waals surface area contributed by atoms with Gasteiger partial charge in [0.1, 0.15) is 17.2 Å². The first-order valence-electron chi connectivity index (χ1n) is 7.93. The molecule has 0 aliphatic heterocycles. The van der Waals surface area contributed by atoms with Crippen LogP contribution in [0.1, 0.15) is 24.9 Å². The van der Waals surface area contributed by atoms with Crippen molar-refractivity contribution in [3.05, 3.63) is 53.1 Å². The lowest BCUT2D eigenvalue weighted by Crippen LogP contribution is -2.28. The van der Waals surface area contributed by atoms with E-state index in [0.717, 1.165) is 5.56 Å². The molecule has 0 aliphatic rings. The van der Waals surface area contributed by atoms with Crippen LogP contribution in [0.5, 0.6) is 17.2 Å². The van der Waals surface area contributed by atoms with Gasteiger partial charge in [0, 0.05) is 10.6 Å². The molecule has 2 aromatic carbocycles. The van der Waals surface area contributed by atoms with Crippen molar-refractivity contribution in [3.63, 3.8) is 0 Å². The molecule has 1 N–H and O–H groups in total. The van der Waals surface area contributed by atoms with Gasteiger partial charge < -0.3 is 19.5 Å². The Morgan fingerprint density at radius 3 is 2.40 bits per heavy atom. The minimum Gasteiger partial charge on any atom is -0.497 e. The summed E-state index contributed by atoms with van der Waals surface area (Å²) in [6, 6.07) is 12.3. The number of benzene rings is 2. The number of ether oxygens (including phenoxy) is 3. The zero-order valence-electron chi connectivity index (χ0n) is 14.5. The minimum absolute atomic E-state index is 0.105. The molecule has 134 valence electrons. The fraction of sp³-hybridized carbons (Fsp3) is 0.316. The maximum absolute atomic E-state index is 12.1. The number of halogens is 1. The number of amides is 1. The molecule has 0 aliphatic carbocycles. The van der Waals surface area contributed by atoms with Crippen molar-refractivity contribution < 1.29 is 19.0 Å². The predicted octanol–water partition coefficient (Wildman–Crippen LogP) is 4.00. The van der Waals surface area contributed by atoms with Crippen LogP contribution in [0.4, 0.5) is 0 Å². The number of hydrogen-bond donors (Lipinski definition) is 1. The average molecular weight is 364 g/mol. The topological polar surface area (TPSA) is 56.8 Å². The Morgan fingerprint density at radius 2 is 1.76 bits per heavy atom. The van der Waals surface area contributed by atoms with Crippen molar-refractivity contribution >= 4 is 17.5 Å². The summed E-state index contributed by atoms with van der Waals surface area (Å²) >= 11 is 5.82. The molecule has 0 aromatic heterocycles. The Kier molecular flexibility index (Phi) is 6.95. The molecule has 0 saturated carbocycles. The van der Waals surface area contributed by atoms with Gasteiger partial charge in [-0.2, -0.15) is 0 Å². The SMILES string of the molecule is COc1ccc(OC)c(C(C)NC(=O)CCOc2ccc(Cl)cc2)c1. The zero-order chi connectivity index (χ0) is 18.2. The fourth-order valence-corrected chi connectivity index (χ4v) is 2.49. The summed E-state index contributed by atoms with van der Waals surface area (Å²) in [5, 5.41) is 3.59. The maximum Gasteiger partial charge on any atom is 0.223 e. The number of hydrogen-bond acceptors (Lipinski definition) is 4. The van der Waals surface area contributed by atoms with E-state index in [9.17, 15) is 4.79 Å². The Labute approximate surface area is 152 Å². The molecule has 2 aromatic rings. The third kappa shape index (κ3) is 5.57. The Morgan fingerprint density at radius 1 is 1.08 bits per heavy atom. The first kappa shape index (κ1) is 18.9. The molecule has 0 fully saturated rings. The highest BCUT2D eigenvalue weighted by Crippen LogP contribution is 2.29. The molecular formula is C19H22ClNO4. The lowest BCUT2D eigenvalue weighted by molar-refractivity contribution is -0.122. The van der Waals surface area contributed by atoms with Crippen LogP contribution in [0.25, 0.3) is 0 Å². The lowest BCUT2D eigenvalue weighted by atomic mass is 10.1. The van der Waals surface area contributed by atoms with Crippen LogP contribution in [0.3, 0.4) is 0 Å². The molecular weight excluding hydrogens is 342 g/mol. The van der Waals surface area contributed by atoms with Gasteiger partial charge in [0.25, 0.3) is 0 Å². The van der Waals surface area contributed by atoms with Crippen LogP contribution in [-0.2, 0) is 4.79 Å². The van der Waals surface area contributed by atoms with E-state index in [4.69, 9.17) is 25.8 Å². The summed E-state index contributed by atoms with van der Waals surface area (Å²) in [6.07, 6.45) is 0.249. The van der Waals surface area contributed by atoms with Gasteiger partial charge >= 0.3 is 0 Å². The van der Waals surface area contributed by atoms with Crippen LogP contribution in [0, 0.1) is 0 Å². The molecule has 0 bridgehead atoms. The van der Waals surface area contributed by atoms with Crippen molar-refractivity contribution in [2.24, 2.45) is 0 Å². The average Bonchev–Trinajstić information content (AvgIpc) is 2.62. The van der Waals surface area contributed by atoms with Crippen LogP contribution < -0.4 is 19.5 Å². The first-order chi connectivity index (χ1) is 12.0. The predicted molar refractivity (Wildman–Crippen MR) is 97.7 cm³/mol. The van der Waals surface area contributed by atoms with Gasteiger partial charge in [-0.25, -0.2) is 0 Å². The normalized spacial score (nSPS) is 11.5. The molecule has 2 rings (SSSR count). The highest BCUT2D eigenvalue weighted by atomic mass is 35.5. The Bertz CT molecular complexity index is 703. The van der Waals surface area contributed by atoms with E-state index in [1.54, 1.807) is 38.5 Å². The molecule has 1 amide bonds. The molecule has 6 heteroatoms. The van der Waals surface area contributed by atoms with Crippen molar-refractivity contribution in [1.29, 1.82) is 0 Å². The van der Waals surface area contributed by atoms with Crippen molar-refractivity contribution in [2.75, 3.05) is 20.8 Å². The first-order valence-corrected chi connectivity index (χ1v) is 8.31. The van der Waals surface area contributed by atoms with Gasteiger partial charge in [-0.15, -0.1) is 0 Å². The zero-order valence-corrected chi connectivity index (χ0v) is 15.3. The van der Waals surface area contributed by atoms with E-state index in [0.29, 0.717) is 22.3 Å². The number of nitrogens with one attached hydrogen (secondary N) is 1. The Balaban J connectivity index is 1.88. The largest absolute Gasteiger partial charge is 0.497 e. The summed E-state index contributed by atoms with van der Waals surface area (Å²) in [5.41, 5.74) is 0.855. The van der Waals surface area contributed by atoms with E-state index in [1.807, 2.05) is 25.1 Å². The van der Waals surface area contributed by atoms with Crippen LogP contribution in [0.2, 0.25) is 5.02 Å². The minimum atomic E-state index is -0.215. The molecule has 5 nitrogen and oxygen atoms in total. The van der Waals surface area contributed by atoms with Crippen LogP contribution in [-0.4, -0.2) is 26.7 Å². The molecule has 1 unspecified atom stereocenters. The monoisotopic (exact) mass is 363 g/mol. The maximum atomic E-state index is 12.1. The summed E-state index contributed by atoms with van der Waals surface area (Å²) in [6.45, 7) is 2.19. The smallest absolute Gasteiger partial charge is 0.223 e. The van der Waals surface area contributed by atoms with Gasteiger partial charge in [-0.05, 0) is 49.4 Å². The molecule has 0 saturated heterocycles.